The summed E-state index contributed by atoms with van der Waals surface area (Å²) in [5.74, 6) is 1.08. The summed E-state index contributed by atoms with van der Waals surface area (Å²) in [5, 5.41) is 11.2. The first-order chi connectivity index (χ1) is 14.4. The fourth-order valence-electron chi connectivity index (χ4n) is 2.82. The summed E-state index contributed by atoms with van der Waals surface area (Å²) in [5.41, 5.74) is 1.26. The largest absolute Gasteiger partial charge is 0.490 e. The Morgan fingerprint density at radius 3 is 2.67 bits per heavy atom. The standard InChI is InChI=1S/C20H25FN4O4S/c21-17-5-2-1-4-15(17)8-9-23-20(24-10-13-30(22,26)27)25-16-6-7-18-19(14-16)29-12-3-11-28-18/h1-2,4-7,14H,3,8-13H2,(H2,22,26,27)(H2,23,24,25). The van der Waals surface area contributed by atoms with Gasteiger partial charge >= 0.3 is 0 Å². The number of anilines is 1. The van der Waals surface area contributed by atoms with E-state index in [1.54, 1.807) is 36.4 Å². The molecule has 0 saturated heterocycles. The van der Waals surface area contributed by atoms with Gasteiger partial charge in [0.1, 0.15) is 5.82 Å². The second kappa shape index (κ2) is 10.3. The van der Waals surface area contributed by atoms with Gasteiger partial charge in [0.25, 0.3) is 0 Å². The average molecular weight is 437 g/mol. The molecule has 0 radical (unpaired) electrons. The lowest BCUT2D eigenvalue weighted by molar-refractivity contribution is 0.297. The van der Waals surface area contributed by atoms with Gasteiger partial charge in [-0.25, -0.2) is 17.9 Å². The first kappa shape index (κ1) is 21.8. The summed E-state index contributed by atoms with van der Waals surface area (Å²) in [6.07, 6.45) is 1.24. The van der Waals surface area contributed by atoms with Crippen molar-refractivity contribution in [3.8, 4) is 11.5 Å². The van der Waals surface area contributed by atoms with Crippen LogP contribution in [-0.4, -0.2) is 46.4 Å². The maximum absolute atomic E-state index is 13.8. The number of fused-ring (bicyclic) bond motifs is 1. The van der Waals surface area contributed by atoms with Crippen LogP contribution in [0, 0.1) is 5.82 Å². The van der Waals surface area contributed by atoms with Gasteiger partial charge < -0.3 is 20.1 Å². The Morgan fingerprint density at radius 2 is 1.90 bits per heavy atom. The third-order valence-corrected chi connectivity index (χ3v) is 5.05. The van der Waals surface area contributed by atoms with Crippen LogP contribution in [0.5, 0.6) is 11.5 Å². The lowest BCUT2D eigenvalue weighted by atomic mass is 10.1. The molecule has 162 valence electrons. The molecule has 0 spiro atoms. The number of nitrogens with zero attached hydrogens (tertiary/aromatic N) is 1. The van der Waals surface area contributed by atoms with Gasteiger partial charge in [-0.3, -0.25) is 4.99 Å². The highest BCUT2D eigenvalue weighted by molar-refractivity contribution is 7.89. The fourth-order valence-corrected chi connectivity index (χ4v) is 3.16. The Labute approximate surface area is 175 Å². The number of hydrogen-bond donors (Lipinski definition) is 3. The van der Waals surface area contributed by atoms with Crippen LogP contribution in [0.2, 0.25) is 0 Å². The average Bonchev–Trinajstić information content (AvgIpc) is 2.93. The van der Waals surface area contributed by atoms with Gasteiger partial charge in [0, 0.05) is 24.7 Å². The van der Waals surface area contributed by atoms with E-state index in [0.717, 1.165) is 6.42 Å². The zero-order valence-corrected chi connectivity index (χ0v) is 17.3. The molecule has 0 amide bonds. The van der Waals surface area contributed by atoms with E-state index >= 15 is 0 Å². The molecule has 2 aromatic rings. The molecule has 10 heteroatoms. The molecule has 0 fully saturated rings. The fraction of sp³-hybridized carbons (Fsp3) is 0.350. The SMILES string of the molecule is NS(=O)(=O)CCN=C(NCCc1ccccc1F)Nc1ccc2c(c1)OCCCO2. The number of rotatable bonds is 7. The first-order valence-electron chi connectivity index (χ1n) is 9.59. The topological polar surface area (TPSA) is 115 Å². The van der Waals surface area contributed by atoms with Crippen molar-refractivity contribution >= 4 is 21.7 Å². The molecule has 4 N–H and O–H groups in total. The summed E-state index contributed by atoms with van der Waals surface area (Å²) in [6.45, 7) is 1.54. The second-order valence-electron chi connectivity index (χ2n) is 6.70. The molecular weight excluding hydrogens is 411 g/mol. The van der Waals surface area contributed by atoms with Crippen LogP contribution in [0.4, 0.5) is 10.1 Å². The number of nitrogens with two attached hydrogens (primary N) is 1. The van der Waals surface area contributed by atoms with Crippen LogP contribution in [-0.2, 0) is 16.4 Å². The first-order valence-corrected chi connectivity index (χ1v) is 11.3. The van der Waals surface area contributed by atoms with Crippen LogP contribution in [0.25, 0.3) is 0 Å². The van der Waals surface area contributed by atoms with E-state index in [-0.39, 0.29) is 18.1 Å². The quantitative estimate of drug-likeness (QED) is 0.451. The van der Waals surface area contributed by atoms with Crippen LogP contribution in [0.1, 0.15) is 12.0 Å². The lowest BCUT2D eigenvalue weighted by Crippen LogP contribution is -2.33. The van der Waals surface area contributed by atoms with E-state index in [1.807, 2.05) is 0 Å². The molecule has 30 heavy (non-hydrogen) atoms. The molecule has 0 bridgehead atoms. The minimum atomic E-state index is -3.63. The number of sulfonamides is 1. The Kier molecular flexibility index (Phi) is 7.47. The normalized spacial score (nSPS) is 14.1. The Bertz CT molecular complexity index is 998. The van der Waals surface area contributed by atoms with Gasteiger partial charge in [0.05, 0.1) is 25.5 Å². The number of guanidine groups is 1. The molecule has 1 heterocycles. The minimum absolute atomic E-state index is 0.0155. The zero-order valence-electron chi connectivity index (χ0n) is 16.4. The van der Waals surface area contributed by atoms with Crippen molar-refractivity contribution in [3.63, 3.8) is 0 Å². The molecule has 1 aliphatic rings. The molecule has 3 rings (SSSR count). The van der Waals surface area contributed by atoms with Crippen LogP contribution in [0.15, 0.2) is 47.5 Å². The second-order valence-corrected chi connectivity index (χ2v) is 8.44. The Hall–Kier alpha value is -2.85. The van der Waals surface area contributed by atoms with Gasteiger partial charge in [0.15, 0.2) is 17.5 Å². The van der Waals surface area contributed by atoms with E-state index < -0.39 is 10.0 Å². The van der Waals surface area contributed by atoms with Gasteiger partial charge in [0.2, 0.25) is 10.0 Å². The number of primary sulfonamides is 1. The number of ether oxygens (including phenoxy) is 2. The third kappa shape index (κ3) is 6.89. The lowest BCUT2D eigenvalue weighted by Gasteiger charge is -2.15. The molecule has 0 atom stereocenters. The van der Waals surface area contributed by atoms with E-state index in [4.69, 9.17) is 14.6 Å². The van der Waals surface area contributed by atoms with Gasteiger partial charge in [-0.2, -0.15) is 0 Å². The van der Waals surface area contributed by atoms with Crippen LogP contribution < -0.4 is 25.2 Å². The van der Waals surface area contributed by atoms with E-state index in [1.165, 1.54) is 6.07 Å². The highest BCUT2D eigenvalue weighted by atomic mass is 32.2. The van der Waals surface area contributed by atoms with Crippen molar-refractivity contribution in [3.05, 3.63) is 53.8 Å². The Morgan fingerprint density at radius 1 is 1.13 bits per heavy atom. The summed E-state index contributed by atoms with van der Waals surface area (Å²) in [6, 6.07) is 11.9. The summed E-state index contributed by atoms with van der Waals surface area (Å²) < 4.78 is 47.5. The van der Waals surface area contributed by atoms with Crippen molar-refractivity contribution in [2.45, 2.75) is 12.8 Å². The van der Waals surface area contributed by atoms with Gasteiger partial charge in [-0.15, -0.1) is 0 Å². The maximum atomic E-state index is 13.8. The van der Waals surface area contributed by atoms with Crippen LogP contribution in [0.3, 0.4) is 0 Å². The summed E-state index contributed by atoms with van der Waals surface area (Å²) in [7, 11) is -3.63. The van der Waals surface area contributed by atoms with Crippen molar-refractivity contribution in [2.24, 2.45) is 10.1 Å². The molecule has 0 aliphatic carbocycles. The summed E-state index contributed by atoms with van der Waals surface area (Å²) >= 11 is 0. The molecule has 0 aromatic heterocycles. The zero-order chi connectivity index (χ0) is 21.4. The van der Waals surface area contributed by atoms with Gasteiger partial charge in [-0.1, -0.05) is 18.2 Å². The predicted molar refractivity (Wildman–Crippen MR) is 114 cm³/mol. The van der Waals surface area contributed by atoms with Crippen molar-refractivity contribution in [2.75, 3.05) is 37.4 Å². The summed E-state index contributed by atoms with van der Waals surface area (Å²) in [4.78, 5) is 4.26. The molecular formula is C20H25FN4O4S. The minimum Gasteiger partial charge on any atom is -0.490 e. The highest BCUT2D eigenvalue weighted by Crippen LogP contribution is 2.32. The van der Waals surface area contributed by atoms with Gasteiger partial charge in [-0.05, 0) is 30.2 Å². The smallest absolute Gasteiger partial charge is 0.210 e. The Balaban J connectivity index is 1.68. The van der Waals surface area contributed by atoms with E-state index in [9.17, 15) is 12.8 Å². The molecule has 1 aliphatic heterocycles. The van der Waals surface area contributed by atoms with E-state index in [2.05, 4.69) is 15.6 Å². The maximum Gasteiger partial charge on any atom is 0.210 e. The number of halogens is 1. The van der Waals surface area contributed by atoms with Crippen LogP contribution >= 0.6 is 0 Å². The predicted octanol–water partition coefficient (Wildman–Crippen LogP) is 1.88. The van der Waals surface area contributed by atoms with Crippen molar-refractivity contribution in [1.29, 1.82) is 0 Å². The number of nitrogens with one attached hydrogen (secondary N) is 2. The molecule has 8 nitrogen and oxygen atoms in total. The molecule has 0 unspecified atom stereocenters. The number of hydrogen-bond acceptors (Lipinski definition) is 5. The number of benzene rings is 2. The third-order valence-electron chi connectivity index (χ3n) is 4.30. The van der Waals surface area contributed by atoms with Crippen molar-refractivity contribution < 1.29 is 22.3 Å². The monoisotopic (exact) mass is 436 g/mol. The highest BCUT2D eigenvalue weighted by Gasteiger charge is 2.12. The number of aliphatic imine (C=N–C) groups is 1. The molecule has 2 aromatic carbocycles. The molecule has 0 saturated carbocycles. The van der Waals surface area contributed by atoms with E-state index in [0.29, 0.717) is 54.9 Å². The van der Waals surface area contributed by atoms with Crippen molar-refractivity contribution in [1.82, 2.24) is 5.32 Å².